The van der Waals surface area contributed by atoms with E-state index in [1.54, 1.807) is 21.9 Å². The van der Waals surface area contributed by atoms with Crippen molar-refractivity contribution in [2.75, 3.05) is 77.7 Å². The molecule has 3 heterocycles. The highest BCUT2D eigenvalue weighted by atomic mass is 16.6. The topological polar surface area (TPSA) is 171 Å². The molecule has 2 fully saturated rings. The number of carbonyl (C=O) groups excluding carboxylic acids is 4. The fraction of sp³-hybridized carbons (Fsp3) is 0.613. The van der Waals surface area contributed by atoms with Crippen molar-refractivity contribution >= 4 is 40.3 Å². The van der Waals surface area contributed by atoms with Crippen LogP contribution in [0.4, 0.5) is 10.5 Å². The first-order valence-corrected chi connectivity index (χ1v) is 15.6. The van der Waals surface area contributed by atoms with E-state index in [9.17, 15) is 24.0 Å². The number of nitrogens with one attached hydrogen (secondary N) is 2. The van der Waals surface area contributed by atoms with Crippen LogP contribution in [0.25, 0.3) is 10.8 Å². The Hall–Kier alpha value is -4.08. The van der Waals surface area contributed by atoms with E-state index in [4.69, 9.17) is 18.9 Å². The van der Waals surface area contributed by atoms with Crippen LogP contribution in [0.3, 0.4) is 0 Å². The first-order chi connectivity index (χ1) is 22.0. The Kier molecular flexibility index (Phi) is 12.5. The van der Waals surface area contributed by atoms with E-state index in [-0.39, 0.29) is 37.2 Å². The second-order valence-electron chi connectivity index (χ2n) is 12.0. The molecule has 1 unspecified atom stereocenters. The number of amides is 4. The number of carbonyl (C=O) groups is 4. The maximum atomic E-state index is 13.3. The van der Waals surface area contributed by atoms with Gasteiger partial charge in [0.1, 0.15) is 11.6 Å². The molecule has 1 atom stereocenters. The van der Waals surface area contributed by atoms with Gasteiger partial charge in [0.2, 0.25) is 11.8 Å². The van der Waals surface area contributed by atoms with E-state index in [0.717, 1.165) is 4.68 Å². The van der Waals surface area contributed by atoms with Gasteiger partial charge in [-0.2, -0.15) is 5.10 Å². The molecule has 2 aliphatic rings. The van der Waals surface area contributed by atoms with Gasteiger partial charge in [0.15, 0.2) is 0 Å². The van der Waals surface area contributed by atoms with Crippen molar-refractivity contribution in [3.63, 3.8) is 0 Å². The van der Waals surface area contributed by atoms with Crippen LogP contribution in [0.1, 0.15) is 46.1 Å². The van der Waals surface area contributed by atoms with E-state index in [2.05, 4.69) is 15.7 Å². The highest BCUT2D eigenvalue weighted by molar-refractivity contribution is 5.99. The van der Waals surface area contributed by atoms with Crippen molar-refractivity contribution in [1.29, 1.82) is 0 Å². The number of anilines is 1. The van der Waals surface area contributed by atoms with Gasteiger partial charge in [-0.3, -0.25) is 24.5 Å². The van der Waals surface area contributed by atoms with Crippen LogP contribution >= 0.6 is 0 Å². The van der Waals surface area contributed by atoms with E-state index >= 15 is 0 Å². The molecular weight excluding hydrogens is 600 g/mol. The summed E-state index contributed by atoms with van der Waals surface area (Å²) in [5.74, 6) is -0.895. The molecule has 2 N–H and O–H groups in total. The van der Waals surface area contributed by atoms with Gasteiger partial charge in [-0.1, -0.05) is 12.1 Å². The Labute approximate surface area is 267 Å². The molecule has 1 aromatic carbocycles. The van der Waals surface area contributed by atoms with E-state index in [0.29, 0.717) is 88.8 Å². The molecule has 2 aliphatic heterocycles. The average molecular weight is 645 g/mol. The van der Waals surface area contributed by atoms with Crippen LogP contribution in [0.2, 0.25) is 0 Å². The summed E-state index contributed by atoms with van der Waals surface area (Å²) in [5, 5.41) is 10.7. The lowest BCUT2D eigenvalue weighted by atomic mass is 10.1. The zero-order valence-corrected chi connectivity index (χ0v) is 26.7. The Morgan fingerprint density at radius 2 is 1.59 bits per heavy atom. The molecule has 252 valence electrons. The zero-order valence-electron chi connectivity index (χ0n) is 26.7. The molecular formula is C31H44N6O9. The van der Waals surface area contributed by atoms with Crippen molar-refractivity contribution in [1.82, 2.24) is 24.9 Å². The minimum absolute atomic E-state index is 0.00748. The lowest BCUT2D eigenvalue weighted by molar-refractivity contribution is -0.136. The lowest BCUT2D eigenvalue weighted by Crippen LogP contribution is -2.51. The van der Waals surface area contributed by atoms with Crippen LogP contribution in [0.15, 0.2) is 29.2 Å². The van der Waals surface area contributed by atoms with Crippen molar-refractivity contribution in [3.05, 3.63) is 34.7 Å². The number of rotatable bonds is 14. The van der Waals surface area contributed by atoms with Gasteiger partial charge in [-0.05, 0) is 33.3 Å². The third-order valence-corrected chi connectivity index (χ3v) is 7.40. The molecule has 15 nitrogen and oxygen atoms in total. The number of benzene rings is 1. The molecule has 0 spiro atoms. The highest BCUT2D eigenvalue weighted by Crippen LogP contribution is 2.22. The number of hydrogen-bond acceptors (Lipinski definition) is 11. The summed E-state index contributed by atoms with van der Waals surface area (Å²) in [7, 11) is 0. The largest absolute Gasteiger partial charge is 0.444 e. The normalized spacial score (nSPS) is 17.2. The van der Waals surface area contributed by atoms with Gasteiger partial charge in [0, 0.05) is 50.2 Å². The lowest BCUT2D eigenvalue weighted by Gasteiger charge is -2.35. The van der Waals surface area contributed by atoms with Gasteiger partial charge < -0.3 is 34.1 Å². The summed E-state index contributed by atoms with van der Waals surface area (Å²) in [6.07, 6.45) is 1.82. The standard InChI is InChI=1S/C31H44N6O9/c1-31(2,3)46-30(42)36-13-11-35(12-14-36)26(39)9-15-43-17-19-45-20-18-44-16-10-32-23-6-4-5-22-21-33-37(29(41)27(22)23)24-7-8-25(38)34-28(24)40/h4-6,21,24,32H,7-20H2,1-3H3,(H,34,38,40). The van der Waals surface area contributed by atoms with E-state index in [1.165, 1.54) is 6.20 Å². The number of nitrogens with zero attached hydrogens (tertiary/aromatic N) is 4. The Bertz CT molecular complexity index is 1430. The van der Waals surface area contributed by atoms with Crippen molar-refractivity contribution in [3.8, 4) is 0 Å². The van der Waals surface area contributed by atoms with E-state index < -0.39 is 23.1 Å². The molecule has 0 aliphatic carbocycles. The maximum absolute atomic E-state index is 13.3. The highest BCUT2D eigenvalue weighted by Gasteiger charge is 2.30. The van der Waals surface area contributed by atoms with Gasteiger partial charge in [0.05, 0.1) is 57.6 Å². The number of hydrogen-bond donors (Lipinski definition) is 2. The second-order valence-corrected chi connectivity index (χ2v) is 12.0. The third kappa shape index (κ3) is 9.96. The quantitative estimate of drug-likeness (QED) is 0.224. The molecule has 15 heteroatoms. The van der Waals surface area contributed by atoms with Crippen molar-refractivity contribution < 1.29 is 38.1 Å². The molecule has 46 heavy (non-hydrogen) atoms. The SMILES string of the molecule is CC(C)(C)OC(=O)N1CCN(C(=O)CCOCCOCCOCCNc2cccc3cnn(C4CCC(=O)NC4=O)c(=O)c23)CC1. The fourth-order valence-electron chi connectivity index (χ4n) is 5.07. The van der Waals surface area contributed by atoms with E-state index in [1.807, 2.05) is 26.8 Å². The molecule has 0 saturated carbocycles. The van der Waals surface area contributed by atoms with Crippen LogP contribution in [0.5, 0.6) is 0 Å². The fourth-order valence-corrected chi connectivity index (χ4v) is 5.07. The van der Waals surface area contributed by atoms with Gasteiger partial charge >= 0.3 is 6.09 Å². The number of piperidine rings is 1. The number of aromatic nitrogens is 2. The Morgan fingerprint density at radius 3 is 2.26 bits per heavy atom. The summed E-state index contributed by atoms with van der Waals surface area (Å²) in [5.41, 5.74) is -0.356. The molecule has 4 amide bonds. The van der Waals surface area contributed by atoms with Crippen molar-refractivity contribution in [2.24, 2.45) is 0 Å². The molecule has 0 radical (unpaired) electrons. The first kappa shape index (κ1) is 34.8. The summed E-state index contributed by atoms with van der Waals surface area (Å²) >= 11 is 0. The maximum Gasteiger partial charge on any atom is 0.410 e. The molecule has 2 aromatic rings. The molecule has 2 saturated heterocycles. The number of imide groups is 1. The van der Waals surface area contributed by atoms with Gasteiger partial charge in [0.25, 0.3) is 11.5 Å². The summed E-state index contributed by atoms with van der Waals surface area (Å²) in [6, 6.07) is 4.53. The molecule has 4 rings (SSSR count). The Morgan fingerprint density at radius 1 is 0.935 bits per heavy atom. The number of piperazine rings is 1. The third-order valence-electron chi connectivity index (χ3n) is 7.40. The summed E-state index contributed by atoms with van der Waals surface area (Å²) in [4.78, 5) is 65.0. The monoisotopic (exact) mass is 644 g/mol. The minimum Gasteiger partial charge on any atom is -0.444 e. The van der Waals surface area contributed by atoms with Gasteiger partial charge in [-0.25, -0.2) is 9.48 Å². The second kappa shape index (κ2) is 16.5. The predicted molar refractivity (Wildman–Crippen MR) is 167 cm³/mol. The summed E-state index contributed by atoms with van der Waals surface area (Å²) in [6.45, 7) is 9.89. The summed E-state index contributed by atoms with van der Waals surface area (Å²) < 4.78 is 23.2. The van der Waals surface area contributed by atoms with Crippen molar-refractivity contribution in [2.45, 2.75) is 51.7 Å². The average Bonchev–Trinajstić information content (AvgIpc) is 3.01. The first-order valence-electron chi connectivity index (χ1n) is 15.6. The molecule has 1 aromatic heterocycles. The van der Waals surface area contributed by atoms with Crippen LogP contribution in [0, 0.1) is 0 Å². The minimum atomic E-state index is -0.834. The smallest absolute Gasteiger partial charge is 0.410 e. The van der Waals surface area contributed by atoms with Gasteiger partial charge in [-0.15, -0.1) is 0 Å². The van der Waals surface area contributed by atoms with Crippen LogP contribution in [-0.4, -0.2) is 121 Å². The number of ether oxygens (including phenoxy) is 4. The Balaban J connectivity index is 1.05. The van der Waals surface area contributed by atoms with Crippen LogP contribution in [-0.2, 0) is 33.3 Å². The molecule has 0 bridgehead atoms. The zero-order chi connectivity index (χ0) is 33.1. The predicted octanol–water partition coefficient (Wildman–Crippen LogP) is 1.31. The number of fused-ring (bicyclic) bond motifs is 1. The van der Waals surface area contributed by atoms with Crippen LogP contribution < -0.4 is 16.2 Å².